The number of ether oxygens (including phenoxy) is 2. The predicted molar refractivity (Wildman–Crippen MR) is 122 cm³/mol. The van der Waals surface area contributed by atoms with Gasteiger partial charge in [0, 0.05) is 37.8 Å². The van der Waals surface area contributed by atoms with Crippen LogP contribution in [0.25, 0.3) is 0 Å². The Bertz CT molecular complexity index is 762. The number of benzene rings is 1. The predicted octanol–water partition coefficient (Wildman–Crippen LogP) is 4.03. The second kappa shape index (κ2) is 11.8. The van der Waals surface area contributed by atoms with E-state index in [2.05, 4.69) is 29.3 Å². The largest absolute Gasteiger partial charge is 0.497 e. The zero-order valence-electron chi connectivity index (χ0n) is 17.5. The third kappa shape index (κ3) is 6.57. The number of nitrogens with zero attached hydrogens (tertiary/aromatic N) is 3. The summed E-state index contributed by atoms with van der Waals surface area (Å²) in [6.07, 6.45) is 0. The van der Waals surface area contributed by atoms with Gasteiger partial charge in [0.2, 0.25) is 0 Å². The van der Waals surface area contributed by atoms with Crippen molar-refractivity contribution in [1.29, 1.82) is 0 Å². The van der Waals surface area contributed by atoms with E-state index in [-0.39, 0.29) is 24.0 Å². The van der Waals surface area contributed by atoms with Crippen molar-refractivity contribution in [3.63, 3.8) is 0 Å². The molecule has 0 bridgehead atoms. The molecule has 1 heterocycles. The summed E-state index contributed by atoms with van der Waals surface area (Å²) in [5, 5.41) is 7.40. The van der Waals surface area contributed by atoms with Crippen molar-refractivity contribution in [3.05, 3.63) is 41.3 Å². The molecule has 0 spiro atoms. The van der Waals surface area contributed by atoms with E-state index in [1.54, 1.807) is 14.2 Å². The van der Waals surface area contributed by atoms with Crippen molar-refractivity contribution >= 4 is 29.9 Å². The second-order valence-electron chi connectivity index (χ2n) is 6.58. The van der Waals surface area contributed by atoms with Crippen molar-refractivity contribution in [3.8, 4) is 11.5 Å². The molecule has 1 aromatic carbocycles. The fraction of sp³-hybridized carbons (Fsp3) is 0.500. The van der Waals surface area contributed by atoms with Gasteiger partial charge in [0.15, 0.2) is 11.7 Å². The third-order valence-electron chi connectivity index (χ3n) is 4.15. The van der Waals surface area contributed by atoms with E-state index in [1.165, 1.54) is 0 Å². The van der Waals surface area contributed by atoms with Crippen LogP contribution in [0.3, 0.4) is 0 Å². The van der Waals surface area contributed by atoms with Gasteiger partial charge < -0.3 is 24.2 Å². The zero-order chi connectivity index (χ0) is 19.8. The van der Waals surface area contributed by atoms with E-state index >= 15 is 0 Å². The fourth-order valence-electron chi connectivity index (χ4n) is 2.61. The van der Waals surface area contributed by atoms with Gasteiger partial charge in [0.05, 0.1) is 19.9 Å². The minimum atomic E-state index is 0. The summed E-state index contributed by atoms with van der Waals surface area (Å²) in [6, 6.07) is 7.78. The highest BCUT2D eigenvalue weighted by Gasteiger charge is 2.12. The standard InChI is InChI=1S/C20H30N4O3.HI/c1-7-21-20(22-12-17-10-18(14(2)3)23-27-17)24(4)13-15-8-9-16(25-5)11-19(15)26-6;/h8-11,14H,7,12-13H2,1-6H3,(H,21,22);1H. The first kappa shape index (κ1) is 24.1. The van der Waals surface area contributed by atoms with E-state index in [4.69, 9.17) is 14.0 Å². The molecule has 28 heavy (non-hydrogen) atoms. The maximum absolute atomic E-state index is 5.49. The molecule has 156 valence electrons. The number of nitrogens with one attached hydrogen (secondary N) is 1. The molecule has 0 amide bonds. The van der Waals surface area contributed by atoms with Crippen molar-refractivity contribution in [2.45, 2.75) is 39.8 Å². The number of methoxy groups -OCH3 is 2. The van der Waals surface area contributed by atoms with Crippen molar-refractivity contribution in [1.82, 2.24) is 15.4 Å². The van der Waals surface area contributed by atoms with Gasteiger partial charge in [0.1, 0.15) is 18.0 Å². The van der Waals surface area contributed by atoms with Crippen molar-refractivity contribution < 1.29 is 14.0 Å². The van der Waals surface area contributed by atoms with Crippen molar-refractivity contribution in [2.24, 2.45) is 4.99 Å². The van der Waals surface area contributed by atoms with Crippen LogP contribution < -0.4 is 14.8 Å². The minimum absolute atomic E-state index is 0. The Morgan fingerprint density at radius 2 is 2.00 bits per heavy atom. The van der Waals surface area contributed by atoms with E-state index in [1.807, 2.05) is 43.1 Å². The van der Waals surface area contributed by atoms with Gasteiger partial charge in [-0.15, -0.1) is 24.0 Å². The lowest BCUT2D eigenvalue weighted by Gasteiger charge is -2.23. The molecule has 0 fully saturated rings. The second-order valence-corrected chi connectivity index (χ2v) is 6.58. The Kier molecular flexibility index (Phi) is 10.1. The van der Waals surface area contributed by atoms with E-state index in [9.17, 15) is 0 Å². The van der Waals surface area contributed by atoms with Crippen LogP contribution >= 0.6 is 24.0 Å². The Balaban J connectivity index is 0.00000392. The molecule has 0 saturated carbocycles. The number of halogens is 1. The molecule has 2 aromatic rings. The summed E-state index contributed by atoms with van der Waals surface area (Å²) in [4.78, 5) is 6.72. The smallest absolute Gasteiger partial charge is 0.194 e. The number of aromatic nitrogens is 1. The molecular weight excluding hydrogens is 471 g/mol. The first-order valence-electron chi connectivity index (χ1n) is 9.14. The van der Waals surface area contributed by atoms with E-state index in [0.29, 0.717) is 19.0 Å². The number of rotatable bonds is 8. The van der Waals surface area contributed by atoms with E-state index < -0.39 is 0 Å². The molecule has 2 rings (SSSR count). The lowest BCUT2D eigenvalue weighted by atomic mass is 10.1. The number of aliphatic imine (C=N–C) groups is 1. The molecule has 1 aromatic heterocycles. The molecule has 0 aliphatic rings. The zero-order valence-corrected chi connectivity index (χ0v) is 19.8. The summed E-state index contributed by atoms with van der Waals surface area (Å²) >= 11 is 0. The van der Waals surface area contributed by atoms with Gasteiger partial charge >= 0.3 is 0 Å². The Hall–Kier alpha value is -1.97. The van der Waals surface area contributed by atoms with E-state index in [0.717, 1.165) is 41.0 Å². The van der Waals surface area contributed by atoms with Gasteiger partial charge in [-0.3, -0.25) is 0 Å². The minimum Gasteiger partial charge on any atom is -0.497 e. The number of hydrogen-bond acceptors (Lipinski definition) is 5. The van der Waals surface area contributed by atoms with Gasteiger partial charge in [-0.2, -0.15) is 0 Å². The molecule has 0 aliphatic heterocycles. The molecule has 0 atom stereocenters. The first-order chi connectivity index (χ1) is 13.0. The lowest BCUT2D eigenvalue weighted by molar-refractivity contribution is 0.373. The monoisotopic (exact) mass is 502 g/mol. The Labute approximate surface area is 184 Å². The number of guanidine groups is 1. The van der Waals surface area contributed by atoms with Crippen LogP contribution in [-0.2, 0) is 13.1 Å². The summed E-state index contributed by atoms with van der Waals surface area (Å²) < 4.78 is 16.1. The van der Waals surface area contributed by atoms with Crippen molar-refractivity contribution in [2.75, 3.05) is 27.8 Å². The average molecular weight is 502 g/mol. The lowest BCUT2D eigenvalue weighted by Crippen LogP contribution is -2.38. The van der Waals surface area contributed by atoms with Crippen LogP contribution in [0.5, 0.6) is 11.5 Å². The molecule has 8 heteroatoms. The highest BCUT2D eigenvalue weighted by molar-refractivity contribution is 14.0. The highest BCUT2D eigenvalue weighted by Crippen LogP contribution is 2.25. The number of hydrogen-bond donors (Lipinski definition) is 1. The molecule has 0 radical (unpaired) electrons. The molecule has 1 N–H and O–H groups in total. The third-order valence-corrected chi connectivity index (χ3v) is 4.15. The molecule has 0 aliphatic carbocycles. The van der Waals surface area contributed by atoms with Gasteiger partial charge in [-0.1, -0.05) is 19.0 Å². The highest BCUT2D eigenvalue weighted by atomic mass is 127. The average Bonchev–Trinajstić information content (AvgIpc) is 3.14. The molecule has 0 unspecified atom stereocenters. The normalized spacial score (nSPS) is 11.2. The maximum Gasteiger partial charge on any atom is 0.194 e. The van der Waals surface area contributed by atoms with Crippen LogP contribution in [0.15, 0.2) is 33.8 Å². The van der Waals surface area contributed by atoms with Gasteiger partial charge in [-0.25, -0.2) is 4.99 Å². The molecule has 7 nitrogen and oxygen atoms in total. The quantitative estimate of drug-likeness (QED) is 0.334. The van der Waals surface area contributed by atoms with Gasteiger partial charge in [0.25, 0.3) is 0 Å². The topological polar surface area (TPSA) is 72.1 Å². The summed E-state index contributed by atoms with van der Waals surface area (Å²) in [5.74, 6) is 3.44. The fourth-order valence-corrected chi connectivity index (χ4v) is 2.61. The van der Waals surface area contributed by atoms with Crippen LogP contribution in [-0.4, -0.2) is 43.8 Å². The van der Waals surface area contributed by atoms with Gasteiger partial charge in [-0.05, 0) is 25.0 Å². The van der Waals surface area contributed by atoms with Crippen LogP contribution in [0.2, 0.25) is 0 Å². The summed E-state index contributed by atoms with van der Waals surface area (Å²) in [5.41, 5.74) is 2.00. The van der Waals surface area contributed by atoms with Crippen LogP contribution in [0.1, 0.15) is 43.7 Å². The summed E-state index contributed by atoms with van der Waals surface area (Å²) in [7, 11) is 5.30. The van der Waals surface area contributed by atoms with Crippen LogP contribution in [0.4, 0.5) is 0 Å². The molecular formula is C20H31IN4O3. The first-order valence-corrected chi connectivity index (χ1v) is 9.14. The summed E-state index contributed by atoms with van der Waals surface area (Å²) in [6.45, 7) is 8.08. The Morgan fingerprint density at radius 1 is 1.25 bits per heavy atom. The molecule has 0 saturated heterocycles. The Morgan fingerprint density at radius 3 is 2.57 bits per heavy atom. The SMILES string of the molecule is CCNC(=NCc1cc(C(C)C)no1)N(C)Cc1ccc(OC)cc1OC.I. The maximum atomic E-state index is 5.49. The van der Waals surface area contributed by atoms with Crippen LogP contribution in [0, 0.1) is 0 Å².